The number of rotatable bonds is 0. The summed E-state index contributed by atoms with van der Waals surface area (Å²) in [5.74, 6) is 0. The van der Waals surface area contributed by atoms with Gasteiger partial charge in [0.25, 0.3) is 0 Å². The van der Waals surface area contributed by atoms with Crippen LogP contribution >= 0.6 is 7.82 Å². The Morgan fingerprint density at radius 1 is 1.08 bits per heavy atom. The zero-order valence-corrected chi connectivity index (χ0v) is 11.6. The Morgan fingerprint density at radius 3 is 1.08 bits per heavy atom. The zero-order chi connectivity index (χ0) is 8.08. The molecule has 0 rings (SSSR count). The van der Waals surface area contributed by atoms with Crippen molar-refractivity contribution < 1.29 is 45.2 Å². The number of carbonyl (C=O) groups is 1. The molecule has 0 heterocycles. The van der Waals surface area contributed by atoms with E-state index in [0.29, 0.717) is 0 Å². The zero-order valence-electron chi connectivity index (χ0n) is 6.26. The molecule has 0 unspecified atom stereocenters. The number of carboxylic acid groups (broad SMARTS) is 2. The first-order valence-corrected chi connectivity index (χ1v) is 2.82. The minimum Gasteiger partial charge on any atom is -0.822 e. The van der Waals surface area contributed by atoms with Crippen molar-refractivity contribution in [1.82, 2.24) is 0 Å². The van der Waals surface area contributed by atoms with Gasteiger partial charge in [-0.05, 0) is 0 Å². The first kappa shape index (κ1) is 36.4. The summed E-state index contributed by atoms with van der Waals surface area (Å²) in [6.07, 6.45) is -2.08. The van der Waals surface area contributed by atoms with E-state index in [-0.39, 0.29) is 86.4 Å². The summed E-state index contributed by atoms with van der Waals surface area (Å²) in [5.41, 5.74) is 0. The van der Waals surface area contributed by atoms with Crippen LogP contribution < -0.4 is 19.8 Å². The van der Waals surface area contributed by atoms with Crippen LogP contribution in [0.1, 0.15) is 0 Å². The molecule has 0 aromatic rings. The van der Waals surface area contributed by atoms with E-state index >= 15 is 0 Å². The van der Waals surface area contributed by atoms with E-state index in [9.17, 15) is 0 Å². The molecule has 0 aromatic carbocycles. The van der Waals surface area contributed by atoms with Crippen LogP contribution in [0.25, 0.3) is 0 Å². The smallest absolute Gasteiger partial charge is 0.822 e. The molecule has 12 heteroatoms. The third kappa shape index (κ3) is 583. The topological polar surface area (TPSA) is 210 Å². The first-order chi connectivity index (χ1) is 3.73. The second-order valence-corrected chi connectivity index (χ2v) is 1.61. The van der Waals surface area contributed by atoms with Gasteiger partial charge in [0.15, 0.2) is 0 Å². The Balaban J connectivity index is -0.0000000146. The largest absolute Gasteiger partial charge is 2.00 e. The molecule has 0 aromatic heterocycles. The standard InChI is InChI=1S/CH2O3.2Ca.H3O4P.2H2O/c2-1(3)4;;;1-5(2,3)4;;/h(H2,2,3,4);;;(H3,1,2,3,4);2*1H2/q;2*+2;;;/p-4. The fourth-order valence-corrected chi connectivity index (χ4v) is 0. The van der Waals surface area contributed by atoms with Crippen LogP contribution in [0.5, 0.6) is 0 Å². The van der Waals surface area contributed by atoms with Crippen molar-refractivity contribution in [3.05, 3.63) is 0 Å². The average molecular weight is 272 g/mol. The fourth-order valence-electron chi connectivity index (χ4n) is 0. The predicted octanol–water partition coefficient (Wildman–Crippen LogP) is -6.35. The monoisotopic (exact) mass is 272 g/mol. The molecular formula is CH5Ca2O9P. The first-order valence-electron chi connectivity index (χ1n) is 1.36. The number of hydrogen-bond acceptors (Lipinski definition) is 6. The van der Waals surface area contributed by atoms with Gasteiger partial charge in [-0.2, -0.15) is 7.82 Å². The Kier molecular flexibility index (Phi) is 54.3. The molecule has 13 heavy (non-hydrogen) atoms. The summed E-state index contributed by atoms with van der Waals surface area (Å²) in [6.45, 7) is 0. The molecule has 0 saturated heterocycles. The van der Waals surface area contributed by atoms with Crippen LogP contribution in [-0.2, 0) is 4.57 Å². The van der Waals surface area contributed by atoms with Gasteiger partial charge in [0, 0.05) is 0 Å². The summed E-state index contributed by atoms with van der Waals surface area (Å²) in [6, 6.07) is 0. The number of phosphoric acid groups is 1. The maximum atomic E-state index is 8.55. The molecule has 0 spiro atoms. The van der Waals surface area contributed by atoms with E-state index in [2.05, 4.69) is 0 Å². The molecule has 5 N–H and O–H groups in total. The molecule has 0 bridgehead atoms. The van der Waals surface area contributed by atoms with Crippen molar-refractivity contribution in [2.75, 3.05) is 0 Å². The molecule has 0 aliphatic heterocycles. The van der Waals surface area contributed by atoms with Crippen LogP contribution in [-0.4, -0.2) is 97.7 Å². The summed E-state index contributed by atoms with van der Waals surface area (Å²) in [5, 5.41) is 15.3. The van der Waals surface area contributed by atoms with Gasteiger partial charge in [-0.15, -0.1) is 0 Å². The van der Waals surface area contributed by atoms with Gasteiger partial charge in [0.1, 0.15) is 0 Å². The van der Waals surface area contributed by atoms with E-state index in [1.54, 1.807) is 0 Å². The summed E-state index contributed by atoms with van der Waals surface area (Å²) in [7, 11) is -5.39. The van der Waals surface area contributed by atoms with Crippen molar-refractivity contribution in [3.8, 4) is 0 Å². The minimum atomic E-state index is -5.39. The Labute approximate surface area is 133 Å². The molecule has 0 radical (unpaired) electrons. The van der Waals surface area contributed by atoms with Gasteiger partial charge in [0.05, 0.1) is 0 Å². The molecule has 72 valence electrons. The van der Waals surface area contributed by atoms with Crippen LogP contribution in [0, 0.1) is 0 Å². The maximum absolute atomic E-state index is 8.55. The van der Waals surface area contributed by atoms with Gasteiger partial charge in [-0.25, -0.2) is 0 Å². The van der Waals surface area contributed by atoms with Crippen molar-refractivity contribution in [1.29, 1.82) is 0 Å². The van der Waals surface area contributed by atoms with Crippen molar-refractivity contribution in [2.24, 2.45) is 0 Å². The Morgan fingerprint density at radius 2 is 1.08 bits per heavy atom. The Bertz CT molecular complexity index is 117. The summed E-state index contributed by atoms with van der Waals surface area (Å²) >= 11 is 0. The van der Waals surface area contributed by atoms with E-state index in [1.807, 2.05) is 0 Å². The molecule has 0 saturated carbocycles. The van der Waals surface area contributed by atoms with E-state index in [0.717, 1.165) is 0 Å². The van der Waals surface area contributed by atoms with Crippen molar-refractivity contribution in [2.45, 2.75) is 0 Å². The summed E-state index contributed by atoms with van der Waals surface area (Å²) < 4.78 is 8.55. The average Bonchev–Trinajstić information content (AvgIpc) is 1.19. The predicted molar refractivity (Wildman–Crippen MR) is 34.4 cm³/mol. The number of hydrogen-bond donors (Lipinski definition) is 1. The molecule has 0 aliphatic carbocycles. The summed E-state index contributed by atoms with van der Waals surface area (Å²) in [4.78, 5) is 34.1. The minimum absolute atomic E-state index is 0. The van der Waals surface area contributed by atoms with Gasteiger partial charge < -0.3 is 45.2 Å². The van der Waals surface area contributed by atoms with Crippen LogP contribution in [0.2, 0.25) is 0 Å². The van der Waals surface area contributed by atoms with Gasteiger partial charge >= 0.3 is 75.5 Å². The van der Waals surface area contributed by atoms with E-state index in [4.69, 9.17) is 34.3 Å². The van der Waals surface area contributed by atoms with Crippen LogP contribution in [0.15, 0.2) is 0 Å². The van der Waals surface area contributed by atoms with Gasteiger partial charge in [-0.1, -0.05) is 0 Å². The van der Waals surface area contributed by atoms with Gasteiger partial charge in [0.2, 0.25) is 6.16 Å². The second-order valence-electron chi connectivity index (χ2n) is 0.713. The molecular weight excluding hydrogens is 267 g/mol. The third-order valence-electron chi connectivity index (χ3n) is 0. The van der Waals surface area contributed by atoms with Crippen molar-refractivity contribution >= 4 is 89.5 Å². The fraction of sp³-hybridized carbons (Fsp3) is 0. The third-order valence-corrected chi connectivity index (χ3v) is 0. The molecule has 0 amide bonds. The van der Waals surface area contributed by atoms with Crippen LogP contribution in [0.3, 0.4) is 0 Å². The Hall–Kier alpha value is 1.82. The van der Waals surface area contributed by atoms with Crippen molar-refractivity contribution in [3.63, 3.8) is 0 Å². The van der Waals surface area contributed by atoms with Crippen LogP contribution in [0.4, 0.5) is 4.79 Å². The molecule has 0 aliphatic rings. The SMILES string of the molecule is O.O.O=C([O-])O.O=P([O-])([O-])[O-].[Ca+2].[Ca+2]. The molecule has 0 fully saturated rings. The van der Waals surface area contributed by atoms with E-state index < -0.39 is 14.0 Å². The quantitative estimate of drug-likeness (QED) is 0.332. The maximum Gasteiger partial charge on any atom is 2.00 e. The van der Waals surface area contributed by atoms with Gasteiger partial charge in [-0.3, -0.25) is 0 Å². The molecule has 9 nitrogen and oxygen atoms in total. The molecule has 0 atom stereocenters. The van der Waals surface area contributed by atoms with E-state index in [1.165, 1.54) is 0 Å². The second kappa shape index (κ2) is 19.4. The normalized spacial score (nSPS) is 6.38.